The maximum absolute atomic E-state index is 8.63. The van der Waals surface area contributed by atoms with Gasteiger partial charge in [-0.15, -0.1) is 0 Å². The Bertz CT molecular complexity index is 422. The average molecular weight is 240 g/mol. The van der Waals surface area contributed by atoms with E-state index in [1.165, 1.54) is 0 Å². The second-order valence-corrected chi connectivity index (χ2v) is 3.25. The van der Waals surface area contributed by atoms with Crippen molar-refractivity contribution in [1.82, 2.24) is 9.97 Å². The normalized spacial score (nSPS) is 8.22. The lowest BCUT2D eigenvalue weighted by Gasteiger charge is -1.82. The number of benzene rings is 1. The summed E-state index contributed by atoms with van der Waals surface area (Å²) in [7, 11) is 0. The monoisotopic (exact) mass is 240 g/mol. The van der Waals surface area contributed by atoms with E-state index in [1.807, 2.05) is 48.8 Å². The molecule has 0 aliphatic carbocycles. The van der Waals surface area contributed by atoms with Gasteiger partial charge < -0.3 is 10.1 Å². The molecule has 18 heavy (non-hydrogen) atoms. The molecule has 1 aromatic carbocycles. The van der Waals surface area contributed by atoms with Gasteiger partial charge in [-0.2, -0.15) is 0 Å². The van der Waals surface area contributed by atoms with Gasteiger partial charge in [0, 0.05) is 24.8 Å². The van der Waals surface area contributed by atoms with Crippen LogP contribution < -0.4 is 0 Å². The number of aromatic hydroxyl groups is 1. The smallest absolute Gasteiger partial charge is 0.115 e. The van der Waals surface area contributed by atoms with E-state index < -0.39 is 0 Å². The average Bonchev–Trinajstić information content (AvgIpc) is 3.01. The van der Waals surface area contributed by atoms with Gasteiger partial charge in [0.15, 0.2) is 0 Å². The van der Waals surface area contributed by atoms with E-state index in [1.54, 1.807) is 36.7 Å². The molecule has 0 unspecified atom stereocenters. The first kappa shape index (κ1) is 13.5. The quantitative estimate of drug-likeness (QED) is 0.632. The summed E-state index contributed by atoms with van der Waals surface area (Å²) in [5.74, 6) is 0.322. The van der Waals surface area contributed by atoms with Crippen LogP contribution in [0.15, 0.2) is 85.5 Å². The lowest BCUT2D eigenvalue weighted by molar-refractivity contribution is 0.475. The van der Waals surface area contributed by atoms with Crippen molar-refractivity contribution in [2.24, 2.45) is 0 Å². The van der Waals surface area contributed by atoms with Crippen LogP contribution in [-0.2, 0) is 0 Å². The minimum Gasteiger partial charge on any atom is -0.508 e. The van der Waals surface area contributed by atoms with Crippen molar-refractivity contribution in [3.05, 3.63) is 85.5 Å². The van der Waals surface area contributed by atoms with Gasteiger partial charge in [-0.3, -0.25) is 4.98 Å². The van der Waals surface area contributed by atoms with E-state index in [0.29, 0.717) is 5.75 Å². The Balaban J connectivity index is 0.000000137. The third-order valence-electron chi connectivity index (χ3n) is 1.82. The Morgan fingerprint density at radius 2 is 1.28 bits per heavy atom. The zero-order valence-corrected chi connectivity index (χ0v) is 9.98. The van der Waals surface area contributed by atoms with E-state index in [4.69, 9.17) is 5.11 Å². The maximum atomic E-state index is 8.63. The van der Waals surface area contributed by atoms with Gasteiger partial charge in [-0.05, 0) is 36.4 Å². The molecule has 2 N–H and O–H groups in total. The first-order chi connectivity index (χ1) is 8.89. The van der Waals surface area contributed by atoms with Gasteiger partial charge in [0.2, 0.25) is 0 Å². The first-order valence-corrected chi connectivity index (χ1v) is 5.56. The van der Waals surface area contributed by atoms with E-state index in [-0.39, 0.29) is 0 Å². The minimum absolute atomic E-state index is 0.322. The van der Waals surface area contributed by atoms with Crippen LogP contribution in [0.2, 0.25) is 0 Å². The molecule has 0 spiro atoms. The zero-order chi connectivity index (χ0) is 12.9. The second kappa shape index (κ2) is 9.66. The molecule has 92 valence electrons. The number of rotatable bonds is 0. The minimum atomic E-state index is 0.322. The standard InChI is InChI=1S/C6H6O.C5H5N.C4H5N/c7-6-4-2-1-3-5-6;1-2-4-6-5-3-1;1-2-4-5-3-1/h1-5,7H;1-5H;1-5H. The highest BCUT2D eigenvalue weighted by atomic mass is 16.3. The summed E-state index contributed by atoms with van der Waals surface area (Å²) in [4.78, 5) is 6.65. The Morgan fingerprint density at radius 1 is 0.722 bits per heavy atom. The van der Waals surface area contributed by atoms with Crippen LogP contribution in [0.3, 0.4) is 0 Å². The number of aromatic nitrogens is 2. The second-order valence-electron chi connectivity index (χ2n) is 3.25. The highest BCUT2D eigenvalue weighted by Crippen LogP contribution is 2.02. The highest BCUT2D eigenvalue weighted by molar-refractivity contribution is 5.18. The van der Waals surface area contributed by atoms with Crippen molar-refractivity contribution < 1.29 is 5.11 Å². The van der Waals surface area contributed by atoms with Crippen LogP contribution in [0.4, 0.5) is 0 Å². The molecule has 0 fully saturated rings. The van der Waals surface area contributed by atoms with Crippen molar-refractivity contribution in [2.75, 3.05) is 0 Å². The van der Waals surface area contributed by atoms with Gasteiger partial charge in [0.1, 0.15) is 5.75 Å². The molecule has 3 heteroatoms. The van der Waals surface area contributed by atoms with Gasteiger partial charge >= 0.3 is 0 Å². The van der Waals surface area contributed by atoms with Crippen LogP contribution in [0, 0.1) is 0 Å². The largest absolute Gasteiger partial charge is 0.508 e. The lowest BCUT2D eigenvalue weighted by atomic mass is 10.3. The summed E-state index contributed by atoms with van der Waals surface area (Å²) in [5, 5.41) is 8.63. The van der Waals surface area contributed by atoms with Gasteiger partial charge in [-0.25, -0.2) is 0 Å². The molecule has 3 rings (SSSR count). The third kappa shape index (κ3) is 7.70. The molecule has 2 aromatic heterocycles. The molecule has 0 saturated carbocycles. The molecule has 0 radical (unpaired) electrons. The molecule has 3 nitrogen and oxygen atoms in total. The number of para-hydroxylation sites is 1. The summed E-state index contributed by atoms with van der Waals surface area (Å²) >= 11 is 0. The van der Waals surface area contributed by atoms with Crippen molar-refractivity contribution >= 4 is 0 Å². The topological polar surface area (TPSA) is 48.9 Å². The van der Waals surface area contributed by atoms with Crippen LogP contribution in [0.5, 0.6) is 5.75 Å². The molecular formula is C15H16N2O. The Hall–Kier alpha value is -2.55. The number of pyridine rings is 1. The number of H-pyrrole nitrogens is 1. The van der Waals surface area contributed by atoms with E-state index in [0.717, 1.165) is 0 Å². The van der Waals surface area contributed by atoms with E-state index in [9.17, 15) is 0 Å². The van der Waals surface area contributed by atoms with E-state index in [2.05, 4.69) is 9.97 Å². The zero-order valence-electron chi connectivity index (χ0n) is 9.98. The first-order valence-electron chi connectivity index (χ1n) is 5.56. The Kier molecular flexibility index (Phi) is 7.25. The molecule has 0 amide bonds. The van der Waals surface area contributed by atoms with Crippen LogP contribution in [-0.4, -0.2) is 15.1 Å². The molecule has 0 atom stereocenters. The van der Waals surface area contributed by atoms with Gasteiger partial charge in [-0.1, -0.05) is 24.3 Å². The molecule has 3 aromatic rings. The van der Waals surface area contributed by atoms with Crippen molar-refractivity contribution in [3.8, 4) is 5.75 Å². The maximum Gasteiger partial charge on any atom is 0.115 e. The fourth-order valence-electron chi connectivity index (χ4n) is 1.02. The van der Waals surface area contributed by atoms with Crippen LogP contribution >= 0.6 is 0 Å². The number of hydrogen-bond acceptors (Lipinski definition) is 2. The van der Waals surface area contributed by atoms with Crippen LogP contribution in [0.25, 0.3) is 0 Å². The number of nitrogens with zero attached hydrogens (tertiary/aromatic N) is 1. The SMILES string of the molecule is Oc1ccccc1.c1cc[nH]c1.c1ccncc1. The highest BCUT2D eigenvalue weighted by Gasteiger charge is 1.74. The summed E-state index contributed by atoms with van der Waals surface area (Å²) in [6, 6.07) is 18.3. The van der Waals surface area contributed by atoms with Crippen molar-refractivity contribution in [1.29, 1.82) is 0 Å². The van der Waals surface area contributed by atoms with Gasteiger partial charge in [0.05, 0.1) is 0 Å². The Morgan fingerprint density at radius 3 is 1.50 bits per heavy atom. The number of nitrogens with one attached hydrogen (secondary N) is 1. The molecule has 0 bridgehead atoms. The fourth-order valence-corrected chi connectivity index (χ4v) is 1.02. The number of phenols is 1. The summed E-state index contributed by atoms with van der Waals surface area (Å²) < 4.78 is 0. The Labute approximate surface area is 107 Å². The van der Waals surface area contributed by atoms with Gasteiger partial charge in [0.25, 0.3) is 0 Å². The predicted octanol–water partition coefficient (Wildman–Crippen LogP) is 3.49. The number of hydrogen-bond donors (Lipinski definition) is 2. The summed E-state index contributed by atoms with van der Waals surface area (Å²) in [6.45, 7) is 0. The third-order valence-corrected chi connectivity index (χ3v) is 1.82. The van der Waals surface area contributed by atoms with E-state index >= 15 is 0 Å². The molecule has 0 saturated heterocycles. The lowest BCUT2D eigenvalue weighted by Crippen LogP contribution is -1.58. The summed E-state index contributed by atoms with van der Waals surface area (Å²) in [5.41, 5.74) is 0. The van der Waals surface area contributed by atoms with Crippen LogP contribution in [0.1, 0.15) is 0 Å². The fraction of sp³-hybridized carbons (Fsp3) is 0. The molecular weight excluding hydrogens is 224 g/mol. The van der Waals surface area contributed by atoms with Crippen molar-refractivity contribution in [3.63, 3.8) is 0 Å². The number of phenolic OH excluding ortho intramolecular Hbond substituents is 1. The molecule has 2 heterocycles. The number of aromatic amines is 1. The van der Waals surface area contributed by atoms with Crippen molar-refractivity contribution in [2.45, 2.75) is 0 Å². The summed E-state index contributed by atoms with van der Waals surface area (Å²) in [6.07, 6.45) is 7.25. The molecule has 0 aliphatic heterocycles. The molecule has 0 aliphatic rings. The predicted molar refractivity (Wildman–Crippen MR) is 73.1 cm³/mol.